The third kappa shape index (κ3) is 3.45. The van der Waals surface area contributed by atoms with E-state index in [1.807, 2.05) is 4.57 Å². The van der Waals surface area contributed by atoms with Crippen LogP contribution in [0.1, 0.15) is 46.0 Å². The first-order chi connectivity index (χ1) is 10.6. The van der Waals surface area contributed by atoms with Crippen LogP contribution in [-0.4, -0.2) is 24.9 Å². The molecule has 2 aromatic rings. The zero-order valence-electron chi connectivity index (χ0n) is 13.5. The molecule has 2 heterocycles. The van der Waals surface area contributed by atoms with Crippen molar-refractivity contribution in [2.24, 2.45) is 7.05 Å². The van der Waals surface area contributed by atoms with E-state index < -0.39 is 5.69 Å². The van der Waals surface area contributed by atoms with Crippen molar-refractivity contribution in [3.05, 3.63) is 20.8 Å². The monoisotopic (exact) mass is 324 g/mol. The molecule has 22 heavy (non-hydrogen) atoms. The van der Waals surface area contributed by atoms with E-state index in [2.05, 4.69) is 23.8 Å². The van der Waals surface area contributed by atoms with Gasteiger partial charge in [0.2, 0.25) is 0 Å². The van der Waals surface area contributed by atoms with E-state index in [4.69, 9.17) is 0 Å². The fourth-order valence-corrected chi connectivity index (χ4v) is 3.28. The highest BCUT2D eigenvalue weighted by molar-refractivity contribution is 7.99. The van der Waals surface area contributed by atoms with Gasteiger partial charge in [-0.1, -0.05) is 51.3 Å². The summed E-state index contributed by atoms with van der Waals surface area (Å²) in [4.78, 5) is 30.8. The summed E-state index contributed by atoms with van der Waals surface area (Å²) >= 11 is 1.60. The molecule has 7 heteroatoms. The lowest BCUT2D eigenvalue weighted by Crippen LogP contribution is -2.29. The quantitative estimate of drug-likeness (QED) is 0.598. The minimum absolute atomic E-state index is 0.345. The van der Waals surface area contributed by atoms with Crippen molar-refractivity contribution >= 4 is 22.9 Å². The van der Waals surface area contributed by atoms with E-state index in [9.17, 15) is 9.59 Å². The number of thioether (sulfide) groups is 1. The molecule has 0 aliphatic carbocycles. The van der Waals surface area contributed by atoms with E-state index in [1.165, 1.54) is 23.8 Å². The van der Waals surface area contributed by atoms with Crippen LogP contribution in [0, 0.1) is 0 Å². The first kappa shape index (κ1) is 16.9. The molecule has 0 radical (unpaired) electrons. The fraction of sp³-hybridized carbons (Fsp3) is 0.667. The van der Waals surface area contributed by atoms with Crippen LogP contribution < -0.4 is 11.2 Å². The van der Waals surface area contributed by atoms with E-state index in [-0.39, 0.29) is 5.56 Å². The second-order valence-electron chi connectivity index (χ2n) is 5.38. The number of fused-ring (bicyclic) bond motifs is 1. The van der Waals surface area contributed by atoms with E-state index in [1.54, 1.807) is 18.8 Å². The Bertz CT molecular complexity index is 744. The number of nitrogens with one attached hydrogen (secondary N) is 1. The number of aromatic amines is 1. The highest BCUT2D eigenvalue weighted by Crippen LogP contribution is 2.22. The Labute approximate surface area is 133 Å². The molecule has 2 aromatic heterocycles. The predicted octanol–water partition coefficient (Wildman–Crippen LogP) is 2.51. The van der Waals surface area contributed by atoms with Gasteiger partial charge in [-0.2, -0.15) is 0 Å². The number of H-pyrrole nitrogens is 1. The second kappa shape index (κ2) is 7.67. The van der Waals surface area contributed by atoms with Crippen LogP contribution in [-0.2, 0) is 13.6 Å². The topological polar surface area (TPSA) is 72.7 Å². The summed E-state index contributed by atoms with van der Waals surface area (Å²) in [6, 6.07) is 0. The molecule has 0 saturated carbocycles. The SMILES string of the molecule is CCCCCCCn1c(SCC)nc2c1c(=O)[nH]c(=O)n2C. The highest BCUT2D eigenvalue weighted by atomic mass is 32.2. The van der Waals surface area contributed by atoms with Crippen LogP contribution in [0.5, 0.6) is 0 Å². The third-order valence-corrected chi connectivity index (χ3v) is 4.59. The maximum absolute atomic E-state index is 12.2. The standard InChI is InChI=1S/C15H24N4O2S/c1-4-6-7-8-9-10-19-11-12(16-15(19)22-5-2)18(3)14(21)17-13(11)20/h4-10H2,1-3H3,(H,17,20,21). The van der Waals surface area contributed by atoms with E-state index >= 15 is 0 Å². The van der Waals surface area contributed by atoms with Gasteiger partial charge in [0.05, 0.1) is 0 Å². The van der Waals surface area contributed by atoms with Crippen molar-refractivity contribution in [2.45, 2.75) is 57.7 Å². The molecular formula is C15H24N4O2S. The second-order valence-corrected chi connectivity index (χ2v) is 6.61. The molecule has 122 valence electrons. The van der Waals surface area contributed by atoms with Crippen molar-refractivity contribution in [2.75, 3.05) is 5.75 Å². The molecule has 0 atom stereocenters. The molecule has 2 rings (SSSR count). The normalized spacial score (nSPS) is 11.4. The summed E-state index contributed by atoms with van der Waals surface area (Å²) in [5.41, 5.74) is 0.215. The van der Waals surface area contributed by atoms with E-state index in [0.29, 0.717) is 11.2 Å². The smallest absolute Gasteiger partial charge is 0.313 e. The maximum Gasteiger partial charge on any atom is 0.329 e. The van der Waals surface area contributed by atoms with Gasteiger partial charge in [0.15, 0.2) is 16.3 Å². The molecule has 0 aliphatic heterocycles. The van der Waals surface area contributed by atoms with Crippen LogP contribution in [0.15, 0.2) is 14.7 Å². The highest BCUT2D eigenvalue weighted by Gasteiger charge is 2.16. The minimum atomic E-state index is -0.418. The van der Waals surface area contributed by atoms with Crippen LogP contribution in [0.2, 0.25) is 0 Å². The molecule has 0 bridgehead atoms. The van der Waals surface area contributed by atoms with Gasteiger partial charge >= 0.3 is 5.69 Å². The number of nitrogens with zero attached hydrogens (tertiary/aromatic N) is 3. The number of unbranched alkanes of at least 4 members (excludes halogenated alkanes) is 4. The Morgan fingerprint density at radius 3 is 2.55 bits per heavy atom. The Morgan fingerprint density at radius 1 is 1.14 bits per heavy atom. The number of hydrogen-bond acceptors (Lipinski definition) is 4. The lowest BCUT2D eigenvalue weighted by atomic mass is 10.1. The van der Waals surface area contributed by atoms with Crippen molar-refractivity contribution in [3.8, 4) is 0 Å². The molecule has 0 fully saturated rings. The molecule has 0 aliphatic rings. The molecule has 0 aromatic carbocycles. The first-order valence-corrected chi connectivity index (χ1v) is 8.91. The lowest BCUT2D eigenvalue weighted by molar-refractivity contribution is 0.552. The predicted molar refractivity (Wildman–Crippen MR) is 90.8 cm³/mol. The summed E-state index contributed by atoms with van der Waals surface area (Å²) in [5.74, 6) is 0.880. The Morgan fingerprint density at radius 2 is 1.86 bits per heavy atom. The van der Waals surface area contributed by atoms with Gasteiger partial charge in [0, 0.05) is 13.6 Å². The number of rotatable bonds is 8. The summed E-state index contributed by atoms with van der Waals surface area (Å²) in [7, 11) is 1.64. The van der Waals surface area contributed by atoms with Gasteiger partial charge in [-0.25, -0.2) is 9.78 Å². The van der Waals surface area contributed by atoms with Gasteiger partial charge < -0.3 is 4.57 Å². The summed E-state index contributed by atoms with van der Waals surface area (Å²) < 4.78 is 3.37. The fourth-order valence-electron chi connectivity index (χ4n) is 2.53. The van der Waals surface area contributed by atoms with Crippen LogP contribution in [0.3, 0.4) is 0 Å². The van der Waals surface area contributed by atoms with Crippen LogP contribution in [0.25, 0.3) is 11.2 Å². The molecule has 6 nitrogen and oxygen atoms in total. The largest absolute Gasteiger partial charge is 0.329 e. The van der Waals surface area contributed by atoms with Crippen molar-refractivity contribution in [3.63, 3.8) is 0 Å². The van der Waals surface area contributed by atoms with Crippen molar-refractivity contribution in [1.82, 2.24) is 19.1 Å². The van der Waals surface area contributed by atoms with Crippen molar-refractivity contribution < 1.29 is 0 Å². The van der Waals surface area contributed by atoms with Gasteiger partial charge in [-0.05, 0) is 12.2 Å². The summed E-state index contributed by atoms with van der Waals surface area (Å²) in [5, 5.41) is 0.819. The van der Waals surface area contributed by atoms with Crippen LogP contribution >= 0.6 is 11.8 Å². The van der Waals surface area contributed by atoms with Crippen molar-refractivity contribution in [1.29, 1.82) is 0 Å². The third-order valence-electron chi connectivity index (χ3n) is 3.73. The molecule has 1 N–H and O–H groups in total. The first-order valence-electron chi connectivity index (χ1n) is 7.92. The molecular weight excluding hydrogens is 300 g/mol. The van der Waals surface area contributed by atoms with Crippen LogP contribution in [0.4, 0.5) is 0 Å². The average molecular weight is 324 g/mol. The maximum atomic E-state index is 12.2. The molecule has 0 spiro atoms. The zero-order chi connectivity index (χ0) is 16.1. The van der Waals surface area contributed by atoms with Gasteiger partial charge in [0.1, 0.15) is 0 Å². The Hall–Kier alpha value is -1.50. The number of imidazole rings is 1. The molecule has 0 amide bonds. The lowest BCUT2D eigenvalue weighted by Gasteiger charge is -2.07. The zero-order valence-corrected chi connectivity index (χ0v) is 14.3. The number of aryl methyl sites for hydroxylation is 2. The Kier molecular flexibility index (Phi) is 5.88. The van der Waals surface area contributed by atoms with E-state index in [0.717, 1.165) is 30.3 Å². The number of hydrogen-bond donors (Lipinski definition) is 1. The Balaban J connectivity index is 2.37. The van der Waals surface area contributed by atoms with Gasteiger partial charge in [0.25, 0.3) is 5.56 Å². The number of aromatic nitrogens is 4. The van der Waals surface area contributed by atoms with Gasteiger partial charge in [-0.3, -0.25) is 14.3 Å². The van der Waals surface area contributed by atoms with Gasteiger partial charge in [-0.15, -0.1) is 0 Å². The molecule has 0 unspecified atom stereocenters. The summed E-state index contributed by atoms with van der Waals surface area (Å²) in [6.45, 7) is 5.02. The molecule has 0 saturated heterocycles. The summed E-state index contributed by atoms with van der Waals surface area (Å²) in [6.07, 6.45) is 5.84. The minimum Gasteiger partial charge on any atom is -0.313 e. The average Bonchev–Trinajstić information content (AvgIpc) is 2.84.